The lowest BCUT2D eigenvalue weighted by Crippen LogP contribution is -2.56. The summed E-state index contributed by atoms with van der Waals surface area (Å²) in [5.74, 6) is -0.113. The largest absolute Gasteiger partial charge is 0.342 e. The van der Waals surface area contributed by atoms with E-state index < -0.39 is 6.04 Å². The van der Waals surface area contributed by atoms with E-state index in [1.165, 1.54) is 0 Å². The van der Waals surface area contributed by atoms with Crippen LogP contribution in [0.3, 0.4) is 0 Å². The van der Waals surface area contributed by atoms with Crippen LogP contribution < -0.4 is 0 Å². The maximum atomic E-state index is 12.4. The van der Waals surface area contributed by atoms with E-state index in [1.807, 2.05) is 18.2 Å². The molecule has 0 bridgehead atoms. The predicted octanol–water partition coefficient (Wildman–Crippen LogP) is 1.75. The molecule has 1 heterocycles. The Balaban J connectivity index is 2.25. The molecule has 1 unspecified atom stereocenters. The average Bonchev–Trinajstić information content (AvgIpc) is 2.36. The second kappa shape index (κ2) is 5.10. The number of benzene rings is 1. The Kier molecular flexibility index (Phi) is 3.71. The number of amides is 2. The maximum Gasteiger partial charge on any atom is 0.255 e. The van der Waals surface area contributed by atoms with Crippen molar-refractivity contribution in [3.05, 3.63) is 34.3 Å². The first-order valence-electron chi connectivity index (χ1n) is 5.83. The highest BCUT2D eigenvalue weighted by molar-refractivity contribution is 9.10. The molecule has 1 atom stereocenters. The lowest BCUT2D eigenvalue weighted by Gasteiger charge is -2.37. The van der Waals surface area contributed by atoms with Gasteiger partial charge in [-0.15, -0.1) is 0 Å². The van der Waals surface area contributed by atoms with Crippen molar-refractivity contribution in [2.24, 2.45) is 0 Å². The van der Waals surface area contributed by atoms with Crippen LogP contribution >= 0.6 is 15.9 Å². The summed E-state index contributed by atoms with van der Waals surface area (Å²) >= 11 is 3.37. The van der Waals surface area contributed by atoms with Gasteiger partial charge in [-0.2, -0.15) is 0 Å². The van der Waals surface area contributed by atoms with Crippen molar-refractivity contribution in [1.29, 1.82) is 0 Å². The van der Waals surface area contributed by atoms with Gasteiger partial charge in [0.2, 0.25) is 5.91 Å². The molecule has 96 valence electrons. The zero-order valence-corrected chi connectivity index (χ0v) is 12.0. The molecule has 0 radical (unpaired) electrons. The minimum atomic E-state index is -0.400. The summed E-state index contributed by atoms with van der Waals surface area (Å²) in [4.78, 5) is 27.6. The Morgan fingerprint density at radius 3 is 2.67 bits per heavy atom. The average molecular weight is 311 g/mol. The van der Waals surface area contributed by atoms with Crippen LogP contribution in [-0.4, -0.2) is 47.8 Å². The minimum Gasteiger partial charge on any atom is -0.342 e. The highest BCUT2D eigenvalue weighted by Crippen LogP contribution is 2.20. The Morgan fingerprint density at radius 1 is 1.33 bits per heavy atom. The third-order valence-corrected chi connectivity index (χ3v) is 3.93. The van der Waals surface area contributed by atoms with Gasteiger partial charge in [-0.25, -0.2) is 0 Å². The molecule has 2 amide bonds. The Morgan fingerprint density at radius 2 is 2.00 bits per heavy atom. The molecule has 1 saturated heterocycles. The summed E-state index contributed by atoms with van der Waals surface area (Å²) in [5.41, 5.74) is 0.599. The van der Waals surface area contributed by atoms with Crippen LogP contribution in [-0.2, 0) is 4.79 Å². The summed E-state index contributed by atoms with van der Waals surface area (Å²) < 4.78 is 0.758. The third kappa shape index (κ3) is 2.27. The molecule has 0 spiro atoms. The summed E-state index contributed by atoms with van der Waals surface area (Å²) in [5, 5.41) is 0. The summed E-state index contributed by atoms with van der Waals surface area (Å²) in [6, 6.07) is 6.88. The van der Waals surface area contributed by atoms with E-state index >= 15 is 0 Å². The first-order chi connectivity index (χ1) is 8.52. The van der Waals surface area contributed by atoms with Crippen molar-refractivity contribution in [2.75, 3.05) is 20.1 Å². The van der Waals surface area contributed by atoms with Gasteiger partial charge in [-0.3, -0.25) is 9.59 Å². The topological polar surface area (TPSA) is 40.6 Å². The number of halogens is 1. The molecule has 4 nitrogen and oxygen atoms in total. The second-order valence-corrected chi connectivity index (χ2v) is 5.27. The van der Waals surface area contributed by atoms with Crippen molar-refractivity contribution in [1.82, 2.24) is 9.80 Å². The van der Waals surface area contributed by atoms with Crippen LogP contribution in [0, 0.1) is 0 Å². The molecule has 5 heteroatoms. The molecule has 0 aromatic heterocycles. The van der Waals surface area contributed by atoms with E-state index in [9.17, 15) is 9.59 Å². The zero-order valence-electron chi connectivity index (χ0n) is 10.4. The number of rotatable bonds is 1. The molecule has 0 N–H and O–H groups in total. The van der Waals surface area contributed by atoms with Gasteiger partial charge < -0.3 is 9.80 Å². The first-order valence-corrected chi connectivity index (χ1v) is 6.62. The van der Waals surface area contributed by atoms with E-state index in [-0.39, 0.29) is 11.8 Å². The van der Waals surface area contributed by atoms with Crippen molar-refractivity contribution >= 4 is 27.7 Å². The van der Waals surface area contributed by atoms with Gasteiger partial charge in [0.1, 0.15) is 6.04 Å². The minimum absolute atomic E-state index is 0.0124. The van der Waals surface area contributed by atoms with Gasteiger partial charge >= 0.3 is 0 Å². The van der Waals surface area contributed by atoms with Crippen molar-refractivity contribution in [3.63, 3.8) is 0 Å². The Bertz CT molecular complexity index is 490. The van der Waals surface area contributed by atoms with Gasteiger partial charge in [-0.1, -0.05) is 12.1 Å². The summed E-state index contributed by atoms with van der Waals surface area (Å²) in [6.45, 7) is 2.93. The molecule has 2 rings (SSSR count). The van der Waals surface area contributed by atoms with Gasteiger partial charge in [0.05, 0.1) is 5.56 Å². The van der Waals surface area contributed by atoms with E-state index in [4.69, 9.17) is 0 Å². The number of hydrogen-bond donors (Lipinski definition) is 0. The molecular weight excluding hydrogens is 296 g/mol. The van der Waals surface area contributed by atoms with Crippen molar-refractivity contribution in [2.45, 2.75) is 13.0 Å². The number of nitrogens with zero attached hydrogens (tertiary/aromatic N) is 2. The SMILES string of the molecule is CC1C(=O)N(C)CCN1C(=O)c1ccccc1Br. The van der Waals surface area contributed by atoms with Crippen LogP contribution in [0.5, 0.6) is 0 Å². The Hall–Kier alpha value is -1.36. The van der Waals surface area contributed by atoms with Crippen molar-refractivity contribution < 1.29 is 9.59 Å². The molecule has 1 aromatic rings. The lowest BCUT2D eigenvalue weighted by molar-refractivity contribution is -0.137. The molecule has 18 heavy (non-hydrogen) atoms. The number of hydrogen-bond acceptors (Lipinski definition) is 2. The first kappa shape index (κ1) is 13.1. The van der Waals surface area contributed by atoms with E-state index in [0.29, 0.717) is 18.7 Å². The van der Waals surface area contributed by atoms with Crippen LogP contribution in [0.25, 0.3) is 0 Å². The number of piperazine rings is 1. The van der Waals surface area contributed by atoms with Gasteiger partial charge in [-0.05, 0) is 35.0 Å². The predicted molar refractivity (Wildman–Crippen MR) is 72.3 cm³/mol. The summed E-state index contributed by atoms with van der Waals surface area (Å²) in [7, 11) is 1.76. The van der Waals surface area contributed by atoms with Crippen LogP contribution in [0.1, 0.15) is 17.3 Å². The van der Waals surface area contributed by atoms with E-state index in [1.54, 1.807) is 29.8 Å². The molecule has 1 fully saturated rings. The molecule has 1 aromatic carbocycles. The van der Waals surface area contributed by atoms with Gasteiger partial charge in [0, 0.05) is 24.6 Å². The van der Waals surface area contributed by atoms with Crippen LogP contribution in [0.2, 0.25) is 0 Å². The van der Waals surface area contributed by atoms with Gasteiger partial charge in [0.15, 0.2) is 0 Å². The molecule has 1 aliphatic rings. The van der Waals surface area contributed by atoms with Crippen LogP contribution in [0.15, 0.2) is 28.7 Å². The monoisotopic (exact) mass is 310 g/mol. The molecule has 0 aliphatic carbocycles. The smallest absolute Gasteiger partial charge is 0.255 e. The van der Waals surface area contributed by atoms with Crippen molar-refractivity contribution in [3.8, 4) is 0 Å². The lowest BCUT2D eigenvalue weighted by atomic mass is 10.1. The number of carbonyl (C=O) groups excluding carboxylic acids is 2. The normalized spacial score (nSPS) is 20.2. The highest BCUT2D eigenvalue weighted by Gasteiger charge is 2.33. The quantitative estimate of drug-likeness (QED) is 0.793. The second-order valence-electron chi connectivity index (χ2n) is 4.41. The number of likely N-dealkylation sites (N-methyl/N-ethyl adjacent to an activating group) is 1. The zero-order chi connectivity index (χ0) is 13.3. The van der Waals surface area contributed by atoms with E-state index in [2.05, 4.69) is 15.9 Å². The summed E-state index contributed by atoms with van der Waals surface area (Å²) in [6.07, 6.45) is 0. The maximum absolute atomic E-state index is 12.4. The fourth-order valence-corrected chi connectivity index (χ4v) is 2.54. The molecule has 0 saturated carbocycles. The fraction of sp³-hybridized carbons (Fsp3) is 0.385. The molecular formula is C13H15BrN2O2. The number of carbonyl (C=O) groups is 2. The fourth-order valence-electron chi connectivity index (χ4n) is 2.08. The highest BCUT2D eigenvalue weighted by atomic mass is 79.9. The Labute approximate surface area is 115 Å². The van der Waals surface area contributed by atoms with E-state index in [0.717, 1.165) is 4.47 Å². The van der Waals surface area contributed by atoms with Crippen LogP contribution in [0.4, 0.5) is 0 Å². The standard InChI is InChI=1S/C13H15BrN2O2/c1-9-12(17)15(2)7-8-16(9)13(18)10-5-3-4-6-11(10)14/h3-6,9H,7-8H2,1-2H3. The molecule has 1 aliphatic heterocycles. The third-order valence-electron chi connectivity index (χ3n) is 3.24. The van der Waals surface area contributed by atoms with Gasteiger partial charge in [0.25, 0.3) is 5.91 Å².